The van der Waals surface area contributed by atoms with Gasteiger partial charge in [-0.25, -0.2) is 14.2 Å². The zero-order valence-corrected chi connectivity index (χ0v) is 13.0. The monoisotopic (exact) mass is 380 g/mol. The Kier molecular flexibility index (Phi) is 4.99. The molecule has 0 fully saturated rings. The van der Waals surface area contributed by atoms with Crippen LogP contribution < -0.4 is 11.3 Å². The van der Waals surface area contributed by atoms with Gasteiger partial charge in [0.15, 0.2) is 0 Å². The van der Waals surface area contributed by atoms with Gasteiger partial charge in [-0.1, -0.05) is 29.3 Å². The van der Waals surface area contributed by atoms with Gasteiger partial charge < -0.3 is 0 Å². The molecule has 0 radical (unpaired) electrons. The highest BCUT2D eigenvalue weighted by Crippen LogP contribution is 2.34. The predicted octanol–water partition coefficient (Wildman–Crippen LogP) is 4.59. The summed E-state index contributed by atoms with van der Waals surface area (Å²) in [6, 6.07) is 6.11. The molecule has 0 amide bonds. The zero-order chi connectivity index (χ0) is 14.9. The van der Waals surface area contributed by atoms with Crippen molar-refractivity contribution in [3.8, 4) is 0 Å². The molecule has 3 N–H and O–H groups in total. The van der Waals surface area contributed by atoms with E-state index in [0.29, 0.717) is 9.50 Å². The summed E-state index contributed by atoms with van der Waals surface area (Å²) in [5, 5.41) is 0.232. The van der Waals surface area contributed by atoms with Crippen LogP contribution in [0, 0.1) is 11.6 Å². The van der Waals surface area contributed by atoms with Crippen LogP contribution in [-0.2, 0) is 0 Å². The van der Waals surface area contributed by atoms with Crippen molar-refractivity contribution in [3.63, 3.8) is 0 Å². The highest BCUT2D eigenvalue weighted by molar-refractivity contribution is 9.10. The molecule has 0 aliphatic carbocycles. The normalized spacial score (nSPS) is 12.5. The van der Waals surface area contributed by atoms with E-state index < -0.39 is 17.7 Å². The van der Waals surface area contributed by atoms with Crippen molar-refractivity contribution in [2.45, 2.75) is 6.04 Å². The highest BCUT2D eigenvalue weighted by Gasteiger charge is 2.22. The van der Waals surface area contributed by atoms with Gasteiger partial charge in [0.1, 0.15) is 11.6 Å². The van der Waals surface area contributed by atoms with Crippen LogP contribution in [0.15, 0.2) is 34.8 Å². The summed E-state index contributed by atoms with van der Waals surface area (Å²) in [5.74, 6) is 4.21. The average Bonchev–Trinajstić information content (AvgIpc) is 2.43. The Morgan fingerprint density at radius 3 is 2.45 bits per heavy atom. The summed E-state index contributed by atoms with van der Waals surface area (Å²) >= 11 is 14.8. The Balaban J connectivity index is 2.58. The molecule has 0 aliphatic heterocycles. The Bertz CT molecular complexity index is 653. The van der Waals surface area contributed by atoms with Crippen molar-refractivity contribution < 1.29 is 8.78 Å². The van der Waals surface area contributed by atoms with Crippen molar-refractivity contribution in [3.05, 3.63) is 67.6 Å². The molecule has 1 unspecified atom stereocenters. The summed E-state index contributed by atoms with van der Waals surface area (Å²) < 4.78 is 28.5. The summed E-state index contributed by atoms with van der Waals surface area (Å²) in [4.78, 5) is 0. The standard InChI is InChI=1S/C13H9BrCl2F2N2/c14-9-3-2-7(12(18)11(9)16)13(20-19)8-5-6(15)1-4-10(8)17/h1-5,13,20H,19H2. The van der Waals surface area contributed by atoms with E-state index >= 15 is 0 Å². The third-order valence-electron chi connectivity index (χ3n) is 2.81. The minimum Gasteiger partial charge on any atom is -0.271 e. The second kappa shape index (κ2) is 6.37. The lowest BCUT2D eigenvalue weighted by Gasteiger charge is -2.19. The molecule has 0 aromatic heterocycles. The lowest BCUT2D eigenvalue weighted by atomic mass is 9.98. The van der Waals surface area contributed by atoms with Crippen molar-refractivity contribution >= 4 is 39.1 Å². The largest absolute Gasteiger partial charge is 0.271 e. The molecule has 106 valence electrons. The zero-order valence-electron chi connectivity index (χ0n) is 9.93. The van der Waals surface area contributed by atoms with Crippen LogP contribution in [0.25, 0.3) is 0 Å². The van der Waals surface area contributed by atoms with E-state index in [1.54, 1.807) is 6.07 Å². The van der Waals surface area contributed by atoms with Gasteiger partial charge in [-0.05, 0) is 40.2 Å². The summed E-state index contributed by atoms with van der Waals surface area (Å²) in [7, 11) is 0. The highest BCUT2D eigenvalue weighted by atomic mass is 79.9. The molecular formula is C13H9BrCl2F2N2. The lowest BCUT2D eigenvalue weighted by Crippen LogP contribution is -2.30. The number of hydrogen-bond donors (Lipinski definition) is 2. The first-order chi connectivity index (χ1) is 9.45. The SMILES string of the molecule is NNC(c1cc(Cl)ccc1F)c1ccc(Br)c(Cl)c1F. The van der Waals surface area contributed by atoms with Crippen LogP contribution in [0.5, 0.6) is 0 Å². The topological polar surface area (TPSA) is 38.0 Å². The van der Waals surface area contributed by atoms with Gasteiger partial charge in [0.25, 0.3) is 0 Å². The molecule has 0 bridgehead atoms. The summed E-state index contributed by atoms with van der Waals surface area (Å²) in [5.41, 5.74) is 2.64. The van der Waals surface area contributed by atoms with Crippen molar-refractivity contribution in [1.29, 1.82) is 0 Å². The van der Waals surface area contributed by atoms with Gasteiger partial charge in [0, 0.05) is 20.6 Å². The second-order valence-electron chi connectivity index (χ2n) is 4.03. The van der Waals surface area contributed by atoms with Crippen LogP contribution >= 0.6 is 39.1 Å². The van der Waals surface area contributed by atoms with Gasteiger partial charge in [0.2, 0.25) is 0 Å². The summed E-state index contributed by atoms with van der Waals surface area (Å²) in [6.45, 7) is 0. The molecule has 2 rings (SSSR count). The quantitative estimate of drug-likeness (QED) is 0.463. The van der Waals surface area contributed by atoms with E-state index in [9.17, 15) is 8.78 Å². The molecule has 2 aromatic carbocycles. The minimum absolute atomic E-state index is 0.0924. The maximum atomic E-state index is 14.2. The molecule has 0 spiro atoms. The van der Waals surface area contributed by atoms with Crippen LogP contribution in [0.1, 0.15) is 17.2 Å². The fourth-order valence-corrected chi connectivity index (χ4v) is 2.51. The number of nitrogens with two attached hydrogens (primary N) is 1. The first-order valence-electron chi connectivity index (χ1n) is 5.50. The first-order valence-corrected chi connectivity index (χ1v) is 7.05. The number of hydrazine groups is 1. The summed E-state index contributed by atoms with van der Waals surface area (Å²) in [6.07, 6.45) is 0. The number of rotatable bonds is 3. The maximum Gasteiger partial charge on any atom is 0.148 e. The van der Waals surface area contributed by atoms with E-state index in [4.69, 9.17) is 29.0 Å². The van der Waals surface area contributed by atoms with Crippen LogP contribution in [0.2, 0.25) is 10.0 Å². The van der Waals surface area contributed by atoms with E-state index in [2.05, 4.69) is 21.4 Å². The molecule has 20 heavy (non-hydrogen) atoms. The first kappa shape index (κ1) is 15.7. The molecular weight excluding hydrogens is 373 g/mol. The van der Waals surface area contributed by atoms with Crippen molar-refractivity contribution in [2.75, 3.05) is 0 Å². The van der Waals surface area contributed by atoms with Crippen molar-refractivity contribution in [1.82, 2.24) is 5.43 Å². The number of hydrogen-bond acceptors (Lipinski definition) is 2. The van der Waals surface area contributed by atoms with E-state index in [1.807, 2.05) is 0 Å². The fraction of sp³-hybridized carbons (Fsp3) is 0.0769. The average molecular weight is 382 g/mol. The fourth-order valence-electron chi connectivity index (χ4n) is 1.85. The Morgan fingerprint density at radius 1 is 1.10 bits per heavy atom. The van der Waals surface area contributed by atoms with Crippen LogP contribution in [0.3, 0.4) is 0 Å². The van der Waals surface area contributed by atoms with Gasteiger partial charge in [0.05, 0.1) is 11.1 Å². The Hall–Kier alpha value is -0.720. The van der Waals surface area contributed by atoms with E-state index in [0.717, 1.165) is 0 Å². The van der Waals surface area contributed by atoms with Gasteiger partial charge >= 0.3 is 0 Å². The van der Waals surface area contributed by atoms with Crippen molar-refractivity contribution in [2.24, 2.45) is 5.84 Å². The lowest BCUT2D eigenvalue weighted by molar-refractivity contribution is 0.531. The molecule has 2 nitrogen and oxygen atoms in total. The molecule has 1 atom stereocenters. The smallest absolute Gasteiger partial charge is 0.148 e. The molecule has 0 saturated carbocycles. The molecule has 2 aromatic rings. The number of nitrogens with one attached hydrogen (secondary N) is 1. The van der Waals surface area contributed by atoms with Crippen LogP contribution in [-0.4, -0.2) is 0 Å². The number of halogens is 5. The minimum atomic E-state index is -0.903. The maximum absolute atomic E-state index is 14.2. The van der Waals surface area contributed by atoms with Gasteiger partial charge in [-0.2, -0.15) is 0 Å². The van der Waals surface area contributed by atoms with E-state index in [-0.39, 0.29) is 16.1 Å². The van der Waals surface area contributed by atoms with Gasteiger partial charge in [-0.15, -0.1) is 0 Å². The van der Waals surface area contributed by atoms with Gasteiger partial charge in [-0.3, -0.25) is 5.84 Å². The molecule has 0 saturated heterocycles. The molecule has 0 aliphatic rings. The van der Waals surface area contributed by atoms with Crippen LogP contribution in [0.4, 0.5) is 8.78 Å². The van der Waals surface area contributed by atoms with E-state index in [1.165, 1.54) is 24.3 Å². The third-order valence-corrected chi connectivity index (χ3v) is 4.31. The molecule has 7 heteroatoms. The Labute approximate surface area is 133 Å². The molecule has 0 heterocycles. The number of benzene rings is 2. The third kappa shape index (κ3) is 2.97. The Morgan fingerprint density at radius 2 is 1.80 bits per heavy atom. The predicted molar refractivity (Wildman–Crippen MR) is 79.7 cm³/mol. The second-order valence-corrected chi connectivity index (χ2v) is 5.70.